The van der Waals surface area contributed by atoms with Crippen LogP contribution < -0.4 is 19.8 Å². The van der Waals surface area contributed by atoms with Gasteiger partial charge < -0.3 is 14.1 Å². The van der Waals surface area contributed by atoms with E-state index in [-0.39, 0.29) is 40.0 Å². The molecule has 3 heterocycles. The molecular weight excluding hydrogens is 592 g/mol. The average Bonchev–Trinajstić information content (AvgIpc) is 3.59. The van der Waals surface area contributed by atoms with Gasteiger partial charge in [0, 0.05) is 36.5 Å². The Kier molecular flexibility index (Phi) is 8.65. The number of hydrogen-bond donors (Lipinski definition) is 0. The molecule has 0 bridgehead atoms. The van der Waals surface area contributed by atoms with E-state index in [0.717, 1.165) is 24.3 Å². The van der Waals surface area contributed by atoms with Gasteiger partial charge in [-0.05, 0) is 69.7 Å². The SMILES string of the molecule is CCOC(=O)C1=C(C)N=c2s/c(=C\c3ccc(N(CC)CC)cc3)c(=O)n2[C@H]1c1ccc(-c2cc([N+](=O)[O-])ccc2Cl)o1. The van der Waals surface area contributed by atoms with Crippen molar-refractivity contribution in [3.8, 4) is 11.3 Å². The number of carbonyl (C=O) groups is 1. The van der Waals surface area contributed by atoms with Gasteiger partial charge in [-0.25, -0.2) is 9.79 Å². The minimum atomic E-state index is -0.978. The summed E-state index contributed by atoms with van der Waals surface area (Å²) in [5.74, 6) is -0.121. The number of non-ortho nitro benzene ring substituents is 1. The number of carbonyl (C=O) groups excluding carboxylic acids is 1. The molecule has 222 valence electrons. The third-order valence-electron chi connectivity index (χ3n) is 7.16. The molecule has 4 aromatic rings. The van der Waals surface area contributed by atoms with Gasteiger partial charge >= 0.3 is 5.97 Å². The fourth-order valence-corrected chi connectivity index (χ4v) is 6.30. The number of halogens is 1. The van der Waals surface area contributed by atoms with Gasteiger partial charge in [-0.2, -0.15) is 0 Å². The number of rotatable bonds is 9. The molecule has 1 aliphatic rings. The zero-order chi connectivity index (χ0) is 30.8. The topological polar surface area (TPSA) is 120 Å². The first-order valence-electron chi connectivity index (χ1n) is 13.8. The molecule has 1 aliphatic heterocycles. The summed E-state index contributed by atoms with van der Waals surface area (Å²) in [6.45, 7) is 9.48. The highest BCUT2D eigenvalue weighted by molar-refractivity contribution is 7.07. The predicted octanol–water partition coefficient (Wildman–Crippen LogP) is 5.47. The molecule has 0 radical (unpaired) electrons. The Morgan fingerprint density at radius 1 is 1.16 bits per heavy atom. The van der Waals surface area contributed by atoms with E-state index >= 15 is 0 Å². The van der Waals surface area contributed by atoms with Gasteiger partial charge in [-0.1, -0.05) is 35.1 Å². The van der Waals surface area contributed by atoms with E-state index in [1.165, 1.54) is 34.1 Å². The van der Waals surface area contributed by atoms with Crippen molar-refractivity contribution in [3.05, 3.63) is 112 Å². The summed E-state index contributed by atoms with van der Waals surface area (Å²) in [6.07, 6.45) is 1.80. The number of allylic oxidation sites excluding steroid dienone is 1. The Bertz CT molecular complexity index is 1920. The maximum absolute atomic E-state index is 13.9. The Morgan fingerprint density at radius 3 is 2.53 bits per heavy atom. The molecule has 2 aromatic heterocycles. The lowest BCUT2D eigenvalue weighted by atomic mass is 10.0. The van der Waals surface area contributed by atoms with Crippen LogP contribution in [0.5, 0.6) is 0 Å². The number of nitro groups is 1. The van der Waals surface area contributed by atoms with Crippen molar-refractivity contribution in [2.75, 3.05) is 24.6 Å². The van der Waals surface area contributed by atoms with Crippen molar-refractivity contribution in [2.24, 2.45) is 4.99 Å². The Hall–Kier alpha value is -4.48. The monoisotopic (exact) mass is 620 g/mol. The van der Waals surface area contributed by atoms with Gasteiger partial charge in [-0.15, -0.1) is 0 Å². The van der Waals surface area contributed by atoms with E-state index in [2.05, 4.69) is 23.7 Å². The predicted molar refractivity (Wildman–Crippen MR) is 166 cm³/mol. The lowest BCUT2D eigenvalue weighted by Crippen LogP contribution is -2.39. The van der Waals surface area contributed by atoms with Crippen molar-refractivity contribution in [1.29, 1.82) is 0 Å². The molecule has 0 spiro atoms. The minimum absolute atomic E-state index is 0.128. The van der Waals surface area contributed by atoms with Crippen LogP contribution in [-0.4, -0.2) is 35.2 Å². The largest absolute Gasteiger partial charge is 0.463 e. The molecular formula is C31H29ClN4O6S. The van der Waals surface area contributed by atoms with Gasteiger partial charge in [0.15, 0.2) is 4.80 Å². The molecule has 0 fully saturated rings. The molecule has 0 saturated heterocycles. The Balaban J connectivity index is 1.64. The van der Waals surface area contributed by atoms with Gasteiger partial charge in [0.1, 0.15) is 17.6 Å². The molecule has 0 N–H and O–H groups in total. The first kappa shape index (κ1) is 30.0. The van der Waals surface area contributed by atoms with Crippen LogP contribution >= 0.6 is 22.9 Å². The molecule has 12 heteroatoms. The minimum Gasteiger partial charge on any atom is -0.463 e. The first-order chi connectivity index (χ1) is 20.7. The number of thiazole rings is 1. The number of benzene rings is 2. The normalized spacial score (nSPS) is 14.8. The quantitative estimate of drug-likeness (QED) is 0.138. The van der Waals surface area contributed by atoms with E-state index in [9.17, 15) is 19.7 Å². The van der Waals surface area contributed by atoms with E-state index in [1.807, 2.05) is 24.3 Å². The molecule has 0 saturated carbocycles. The summed E-state index contributed by atoms with van der Waals surface area (Å²) in [5.41, 5.74) is 2.30. The van der Waals surface area contributed by atoms with Crippen LogP contribution in [0.4, 0.5) is 11.4 Å². The maximum Gasteiger partial charge on any atom is 0.338 e. The van der Waals surface area contributed by atoms with Crippen LogP contribution in [0.15, 0.2) is 80.1 Å². The summed E-state index contributed by atoms with van der Waals surface area (Å²) < 4.78 is 13.4. The molecule has 0 amide bonds. The fraction of sp³-hybridized carbons (Fsp3) is 0.258. The highest BCUT2D eigenvalue weighted by Crippen LogP contribution is 2.37. The third-order valence-corrected chi connectivity index (χ3v) is 8.47. The molecule has 2 aromatic carbocycles. The van der Waals surface area contributed by atoms with Gasteiger partial charge in [0.2, 0.25) is 0 Å². The van der Waals surface area contributed by atoms with Gasteiger partial charge in [-0.3, -0.25) is 19.5 Å². The van der Waals surface area contributed by atoms with Crippen LogP contribution in [0.3, 0.4) is 0 Å². The second-order valence-electron chi connectivity index (χ2n) is 9.69. The summed E-state index contributed by atoms with van der Waals surface area (Å²) in [6, 6.07) is 14.2. The zero-order valence-electron chi connectivity index (χ0n) is 24.0. The van der Waals surface area contributed by atoms with Crippen molar-refractivity contribution in [3.63, 3.8) is 0 Å². The zero-order valence-corrected chi connectivity index (χ0v) is 25.6. The van der Waals surface area contributed by atoms with Crippen LogP contribution in [0, 0.1) is 10.1 Å². The first-order valence-corrected chi connectivity index (χ1v) is 14.9. The second kappa shape index (κ2) is 12.4. The lowest BCUT2D eigenvalue weighted by Gasteiger charge is -2.22. The number of nitro benzene ring substituents is 1. The highest BCUT2D eigenvalue weighted by atomic mass is 35.5. The van der Waals surface area contributed by atoms with E-state index in [1.54, 1.807) is 32.1 Å². The van der Waals surface area contributed by atoms with Gasteiger partial charge in [0.05, 0.1) is 32.4 Å². The molecule has 1 atom stereocenters. The second-order valence-corrected chi connectivity index (χ2v) is 11.1. The molecule has 10 nitrogen and oxygen atoms in total. The maximum atomic E-state index is 13.9. The average molecular weight is 621 g/mol. The summed E-state index contributed by atoms with van der Waals surface area (Å²) in [4.78, 5) is 45.2. The number of aromatic nitrogens is 1. The molecule has 0 aliphatic carbocycles. The van der Waals surface area contributed by atoms with E-state index in [0.29, 0.717) is 20.6 Å². The fourth-order valence-electron chi connectivity index (χ4n) is 5.04. The van der Waals surface area contributed by atoms with Crippen LogP contribution in [0.2, 0.25) is 5.02 Å². The highest BCUT2D eigenvalue weighted by Gasteiger charge is 2.35. The molecule has 43 heavy (non-hydrogen) atoms. The van der Waals surface area contributed by atoms with Crippen LogP contribution in [0.1, 0.15) is 45.1 Å². The van der Waals surface area contributed by atoms with Crippen molar-refractivity contribution < 1.29 is 18.9 Å². The summed E-state index contributed by atoms with van der Waals surface area (Å²) in [7, 11) is 0. The van der Waals surface area contributed by atoms with E-state index in [4.69, 9.17) is 20.8 Å². The van der Waals surface area contributed by atoms with Crippen molar-refractivity contribution >= 4 is 46.4 Å². The Morgan fingerprint density at radius 2 is 1.88 bits per heavy atom. The number of fused-ring (bicyclic) bond motifs is 1. The molecule has 0 unspecified atom stereocenters. The summed E-state index contributed by atoms with van der Waals surface area (Å²) in [5, 5.41) is 11.6. The van der Waals surface area contributed by atoms with E-state index < -0.39 is 16.9 Å². The standard InChI is InChI=1S/C31H29ClN4O6S/c1-5-34(6-2)20-10-8-19(9-11-20)16-26-29(37)35-28(27(30(38)41-7-3)18(4)33-31(35)43-26)25-15-14-24(42-25)22-17-21(36(39)40)12-13-23(22)32/h8-17,28H,5-7H2,1-4H3/b26-16-/t28-/m0/s1. The number of anilines is 1. The lowest BCUT2D eigenvalue weighted by molar-refractivity contribution is -0.384. The smallest absolute Gasteiger partial charge is 0.338 e. The van der Waals surface area contributed by atoms with Crippen molar-refractivity contribution in [2.45, 2.75) is 33.7 Å². The van der Waals surface area contributed by atoms with Crippen LogP contribution in [0.25, 0.3) is 17.4 Å². The number of ether oxygens (including phenoxy) is 1. The summed E-state index contributed by atoms with van der Waals surface area (Å²) >= 11 is 7.57. The number of hydrogen-bond acceptors (Lipinski definition) is 9. The third kappa shape index (κ3) is 5.78. The number of esters is 1. The number of furan rings is 1. The van der Waals surface area contributed by atoms with Crippen LogP contribution in [-0.2, 0) is 9.53 Å². The Labute approximate surface area is 256 Å². The molecule has 5 rings (SSSR count). The van der Waals surface area contributed by atoms with Crippen molar-refractivity contribution in [1.82, 2.24) is 4.57 Å². The number of nitrogens with zero attached hydrogens (tertiary/aromatic N) is 4. The van der Waals surface area contributed by atoms with Gasteiger partial charge in [0.25, 0.3) is 11.2 Å².